The lowest BCUT2D eigenvalue weighted by molar-refractivity contribution is -0.384. The fraction of sp³-hybridized carbons (Fsp3) is 0.364. The van der Waals surface area contributed by atoms with Gasteiger partial charge in [-0.15, -0.1) is 0 Å². The average molecular weight is 238 g/mol. The monoisotopic (exact) mass is 238 g/mol. The summed E-state index contributed by atoms with van der Waals surface area (Å²) in [5.41, 5.74) is 0.296. The first-order valence-corrected chi connectivity index (χ1v) is 5.26. The van der Waals surface area contributed by atoms with Crippen molar-refractivity contribution < 1.29 is 14.8 Å². The highest BCUT2D eigenvalue weighted by Gasteiger charge is 2.17. The van der Waals surface area contributed by atoms with E-state index >= 15 is 0 Å². The van der Waals surface area contributed by atoms with Crippen molar-refractivity contribution >= 4 is 17.3 Å². The molecular weight excluding hydrogens is 224 g/mol. The van der Waals surface area contributed by atoms with Crippen LogP contribution >= 0.6 is 0 Å². The van der Waals surface area contributed by atoms with E-state index in [2.05, 4.69) is 5.32 Å². The summed E-state index contributed by atoms with van der Waals surface area (Å²) in [7, 11) is 0. The number of para-hydroxylation sites is 2. The number of carboxylic acids is 1. The molecule has 1 atom stereocenters. The Hall–Kier alpha value is -2.11. The molecule has 0 aliphatic carbocycles. The fourth-order valence-corrected chi connectivity index (χ4v) is 1.42. The number of nitro groups is 1. The van der Waals surface area contributed by atoms with Crippen LogP contribution in [0.1, 0.15) is 13.3 Å². The summed E-state index contributed by atoms with van der Waals surface area (Å²) in [6, 6.07) is 6.17. The van der Waals surface area contributed by atoms with Gasteiger partial charge in [0.1, 0.15) is 5.69 Å². The van der Waals surface area contributed by atoms with Gasteiger partial charge in [-0.05, 0) is 12.5 Å². The summed E-state index contributed by atoms with van der Waals surface area (Å²) in [4.78, 5) is 21.0. The number of nitrogens with one attached hydrogen (secondary N) is 1. The van der Waals surface area contributed by atoms with Crippen molar-refractivity contribution in [2.45, 2.75) is 13.3 Å². The average Bonchev–Trinajstić information content (AvgIpc) is 2.29. The van der Waals surface area contributed by atoms with Gasteiger partial charge in [-0.3, -0.25) is 14.9 Å². The standard InChI is InChI=1S/C11H14N2O4/c1-2-8(11(14)15)7-12-9-5-3-4-6-10(9)13(16)17/h3-6,8,12H,2,7H2,1H3,(H,14,15). The van der Waals surface area contributed by atoms with Crippen LogP contribution < -0.4 is 5.32 Å². The zero-order chi connectivity index (χ0) is 12.8. The van der Waals surface area contributed by atoms with Crippen LogP contribution in [0.4, 0.5) is 11.4 Å². The summed E-state index contributed by atoms with van der Waals surface area (Å²) >= 11 is 0. The molecule has 92 valence electrons. The molecule has 0 amide bonds. The molecule has 0 saturated carbocycles. The van der Waals surface area contributed by atoms with Crippen LogP contribution in [0, 0.1) is 16.0 Å². The van der Waals surface area contributed by atoms with Crippen LogP contribution in [0.25, 0.3) is 0 Å². The third-order valence-electron chi connectivity index (χ3n) is 2.48. The van der Waals surface area contributed by atoms with Crippen molar-refractivity contribution in [2.24, 2.45) is 5.92 Å². The maximum atomic E-state index is 10.8. The molecule has 0 aromatic heterocycles. The highest BCUT2D eigenvalue weighted by Crippen LogP contribution is 2.23. The number of carboxylic acid groups (broad SMARTS) is 1. The Morgan fingerprint density at radius 2 is 2.18 bits per heavy atom. The second kappa shape index (κ2) is 5.83. The molecular formula is C11H14N2O4. The van der Waals surface area contributed by atoms with Crippen LogP contribution in [0.3, 0.4) is 0 Å². The molecule has 17 heavy (non-hydrogen) atoms. The molecule has 1 rings (SSSR count). The molecule has 0 spiro atoms. The van der Waals surface area contributed by atoms with E-state index in [-0.39, 0.29) is 12.2 Å². The van der Waals surface area contributed by atoms with Gasteiger partial charge in [-0.25, -0.2) is 0 Å². The van der Waals surface area contributed by atoms with E-state index in [1.807, 2.05) is 0 Å². The predicted octanol–water partition coefficient (Wildman–Crippen LogP) is 2.12. The molecule has 0 fully saturated rings. The first-order chi connectivity index (χ1) is 8.06. The summed E-state index contributed by atoms with van der Waals surface area (Å²) in [5, 5.41) is 22.4. The molecule has 1 aromatic rings. The number of rotatable bonds is 6. The Balaban J connectivity index is 2.75. The lowest BCUT2D eigenvalue weighted by Crippen LogP contribution is -2.22. The lowest BCUT2D eigenvalue weighted by Gasteiger charge is -2.12. The molecule has 0 aliphatic rings. The van der Waals surface area contributed by atoms with Gasteiger partial charge in [0, 0.05) is 12.6 Å². The number of aliphatic carboxylic acids is 1. The number of benzene rings is 1. The summed E-state index contributed by atoms with van der Waals surface area (Å²) < 4.78 is 0. The van der Waals surface area contributed by atoms with Gasteiger partial charge in [-0.2, -0.15) is 0 Å². The van der Waals surface area contributed by atoms with Crippen molar-refractivity contribution in [3.63, 3.8) is 0 Å². The van der Waals surface area contributed by atoms with E-state index < -0.39 is 16.8 Å². The van der Waals surface area contributed by atoms with E-state index in [9.17, 15) is 14.9 Å². The third kappa shape index (κ3) is 3.44. The highest BCUT2D eigenvalue weighted by molar-refractivity contribution is 5.71. The number of anilines is 1. The second-order valence-electron chi connectivity index (χ2n) is 3.60. The topological polar surface area (TPSA) is 92.5 Å². The second-order valence-corrected chi connectivity index (χ2v) is 3.60. The fourth-order valence-electron chi connectivity index (χ4n) is 1.42. The number of hydrogen-bond donors (Lipinski definition) is 2. The first kappa shape index (κ1) is 13.0. The van der Waals surface area contributed by atoms with Crippen molar-refractivity contribution in [1.29, 1.82) is 0 Å². The quantitative estimate of drug-likeness (QED) is 0.585. The molecule has 2 N–H and O–H groups in total. The van der Waals surface area contributed by atoms with E-state index in [1.54, 1.807) is 25.1 Å². The summed E-state index contributed by atoms with van der Waals surface area (Å²) in [6.07, 6.45) is 0.475. The smallest absolute Gasteiger partial charge is 0.308 e. The van der Waals surface area contributed by atoms with Gasteiger partial charge >= 0.3 is 5.97 Å². The summed E-state index contributed by atoms with van der Waals surface area (Å²) in [6.45, 7) is 1.94. The zero-order valence-electron chi connectivity index (χ0n) is 9.42. The number of nitrogens with zero attached hydrogens (tertiary/aromatic N) is 1. The number of carbonyl (C=O) groups is 1. The van der Waals surface area contributed by atoms with E-state index in [4.69, 9.17) is 5.11 Å². The van der Waals surface area contributed by atoms with Gasteiger partial charge in [0.2, 0.25) is 0 Å². The molecule has 0 aliphatic heterocycles. The minimum atomic E-state index is -0.904. The van der Waals surface area contributed by atoms with Gasteiger partial charge < -0.3 is 10.4 Å². The van der Waals surface area contributed by atoms with Gasteiger partial charge in [0.05, 0.1) is 10.8 Å². The minimum Gasteiger partial charge on any atom is -0.481 e. The molecule has 0 saturated heterocycles. The van der Waals surface area contributed by atoms with Crippen LogP contribution in [0.5, 0.6) is 0 Å². The molecule has 0 radical (unpaired) electrons. The van der Waals surface area contributed by atoms with Crippen LogP contribution in [-0.2, 0) is 4.79 Å². The Kier molecular flexibility index (Phi) is 4.45. The largest absolute Gasteiger partial charge is 0.481 e. The molecule has 6 nitrogen and oxygen atoms in total. The maximum absolute atomic E-state index is 10.8. The highest BCUT2D eigenvalue weighted by atomic mass is 16.6. The molecule has 1 unspecified atom stereocenters. The van der Waals surface area contributed by atoms with Crippen molar-refractivity contribution in [1.82, 2.24) is 0 Å². The number of nitro benzene ring substituents is 1. The van der Waals surface area contributed by atoms with E-state index in [0.29, 0.717) is 12.1 Å². The van der Waals surface area contributed by atoms with Crippen molar-refractivity contribution in [3.8, 4) is 0 Å². The summed E-state index contributed by atoms with van der Waals surface area (Å²) in [5.74, 6) is -1.45. The SMILES string of the molecule is CCC(CNc1ccccc1[N+](=O)[O-])C(=O)O. The van der Waals surface area contributed by atoms with E-state index in [1.165, 1.54) is 6.07 Å². The van der Waals surface area contributed by atoms with Crippen molar-refractivity contribution in [3.05, 3.63) is 34.4 Å². The van der Waals surface area contributed by atoms with Crippen LogP contribution in [0.2, 0.25) is 0 Å². The van der Waals surface area contributed by atoms with Crippen molar-refractivity contribution in [2.75, 3.05) is 11.9 Å². The molecule has 0 heterocycles. The molecule has 1 aromatic carbocycles. The normalized spacial score (nSPS) is 11.8. The predicted molar refractivity (Wildman–Crippen MR) is 63.0 cm³/mol. The van der Waals surface area contributed by atoms with Gasteiger partial charge in [-0.1, -0.05) is 19.1 Å². The Labute approximate surface area is 98.4 Å². The Morgan fingerprint density at radius 1 is 1.53 bits per heavy atom. The third-order valence-corrected chi connectivity index (χ3v) is 2.48. The first-order valence-electron chi connectivity index (χ1n) is 5.26. The minimum absolute atomic E-state index is 0.0484. The maximum Gasteiger partial charge on any atom is 0.308 e. The van der Waals surface area contributed by atoms with E-state index in [0.717, 1.165) is 0 Å². The Bertz CT molecular complexity index is 420. The zero-order valence-corrected chi connectivity index (χ0v) is 9.42. The Morgan fingerprint density at radius 3 is 2.71 bits per heavy atom. The number of hydrogen-bond acceptors (Lipinski definition) is 4. The van der Waals surface area contributed by atoms with Gasteiger partial charge in [0.15, 0.2) is 0 Å². The lowest BCUT2D eigenvalue weighted by atomic mass is 10.1. The molecule has 6 heteroatoms. The molecule has 0 bridgehead atoms. The van der Waals surface area contributed by atoms with Gasteiger partial charge in [0.25, 0.3) is 5.69 Å². The van der Waals surface area contributed by atoms with Crippen LogP contribution in [-0.4, -0.2) is 22.5 Å². The van der Waals surface area contributed by atoms with Crippen LogP contribution in [0.15, 0.2) is 24.3 Å².